The first-order valence-corrected chi connectivity index (χ1v) is 17.8. The summed E-state index contributed by atoms with van der Waals surface area (Å²) in [6.07, 6.45) is 3.05. The second-order valence-corrected chi connectivity index (χ2v) is 14.2. The van der Waals surface area contributed by atoms with Crippen LogP contribution in [0.3, 0.4) is 0 Å². The number of carbonyl (C=O) groups is 2. The fourth-order valence-electron chi connectivity index (χ4n) is 5.65. The normalized spacial score (nSPS) is 14.0. The summed E-state index contributed by atoms with van der Waals surface area (Å²) in [7, 11) is 1.42. The maximum atomic E-state index is 14.2. The molecule has 0 heterocycles. The number of halogens is 4. The lowest BCUT2D eigenvalue weighted by Crippen LogP contribution is -2.42. The van der Waals surface area contributed by atoms with Crippen molar-refractivity contribution in [1.82, 2.24) is 10.2 Å². The molecule has 1 N–H and O–H groups in total. The van der Waals surface area contributed by atoms with E-state index >= 15 is 0 Å². The predicted octanol–water partition coefficient (Wildman–Crippen LogP) is 8.84. The van der Waals surface area contributed by atoms with Crippen molar-refractivity contribution in [3.63, 3.8) is 0 Å². The minimum Gasteiger partial charge on any atom is -0.490 e. The van der Waals surface area contributed by atoms with Crippen LogP contribution in [0.25, 0.3) is 0 Å². The Kier molecular flexibility index (Phi) is 14.6. The molecule has 3 aromatic carbocycles. The highest BCUT2D eigenvalue weighted by Gasteiger charge is 2.36. The van der Waals surface area contributed by atoms with E-state index in [0.717, 1.165) is 29.5 Å². The van der Waals surface area contributed by atoms with Gasteiger partial charge in [-0.05, 0) is 92.1 Å². The summed E-state index contributed by atoms with van der Waals surface area (Å²) < 4.78 is 16.7. The first kappa shape index (κ1) is 38.1. The minimum atomic E-state index is -0.344. The lowest BCUT2D eigenvalue weighted by molar-refractivity contribution is -0.147. The molecule has 260 valence electrons. The number of ether oxygens (including phenoxy) is 3. The van der Waals surface area contributed by atoms with E-state index in [1.807, 2.05) is 62.1 Å². The zero-order valence-corrected chi connectivity index (χ0v) is 30.9. The second-order valence-electron chi connectivity index (χ2n) is 12.6. The highest BCUT2D eigenvalue weighted by atomic mass is 35.5. The van der Waals surface area contributed by atoms with Crippen LogP contribution in [-0.4, -0.2) is 56.2 Å². The van der Waals surface area contributed by atoms with Gasteiger partial charge in [-0.25, -0.2) is 0 Å². The van der Waals surface area contributed by atoms with Crippen molar-refractivity contribution in [2.45, 2.75) is 59.0 Å². The Labute approximate surface area is 304 Å². The lowest BCUT2D eigenvalue weighted by atomic mass is 9.92. The van der Waals surface area contributed by atoms with Crippen LogP contribution in [0, 0.1) is 24.7 Å². The third-order valence-electron chi connectivity index (χ3n) is 8.47. The van der Waals surface area contributed by atoms with Gasteiger partial charge in [-0.1, -0.05) is 84.5 Å². The van der Waals surface area contributed by atoms with Gasteiger partial charge >= 0.3 is 5.97 Å². The molecule has 1 aliphatic rings. The summed E-state index contributed by atoms with van der Waals surface area (Å²) in [5, 5.41) is 5.32. The van der Waals surface area contributed by atoms with Gasteiger partial charge in [0, 0.05) is 19.1 Å². The van der Waals surface area contributed by atoms with Gasteiger partial charge < -0.3 is 24.4 Å². The number of esters is 1. The summed E-state index contributed by atoms with van der Waals surface area (Å²) in [5.74, 6) is 0.554. The third kappa shape index (κ3) is 10.9. The molecule has 1 amide bonds. The van der Waals surface area contributed by atoms with Gasteiger partial charge in [-0.15, -0.1) is 0 Å². The molecular weight excluding hydrogens is 694 g/mol. The smallest absolute Gasteiger partial charge is 0.308 e. The van der Waals surface area contributed by atoms with Crippen LogP contribution in [0.15, 0.2) is 54.6 Å². The monoisotopic (exact) mass is 736 g/mol. The molecule has 48 heavy (non-hydrogen) atoms. The van der Waals surface area contributed by atoms with Crippen LogP contribution in [0.5, 0.6) is 11.5 Å². The number of hydrogen-bond acceptors (Lipinski definition) is 6. The van der Waals surface area contributed by atoms with Gasteiger partial charge in [0.15, 0.2) is 5.75 Å². The average Bonchev–Trinajstić information content (AvgIpc) is 3.89. The Morgan fingerprint density at radius 3 is 2.23 bits per heavy atom. The molecule has 1 unspecified atom stereocenters. The number of aryl methyl sites for hydroxylation is 1. The minimum absolute atomic E-state index is 0.0559. The van der Waals surface area contributed by atoms with Crippen LogP contribution in [0.4, 0.5) is 0 Å². The Morgan fingerprint density at radius 1 is 0.938 bits per heavy atom. The summed E-state index contributed by atoms with van der Waals surface area (Å²) in [6.45, 7) is 7.94. The topological polar surface area (TPSA) is 77.1 Å². The van der Waals surface area contributed by atoms with Gasteiger partial charge in [0.1, 0.15) is 19.0 Å². The zero-order valence-electron chi connectivity index (χ0n) is 27.9. The van der Waals surface area contributed by atoms with E-state index in [1.54, 1.807) is 18.2 Å². The van der Waals surface area contributed by atoms with Crippen LogP contribution < -0.4 is 14.8 Å². The lowest BCUT2D eigenvalue weighted by Gasteiger charge is -2.29. The predicted molar refractivity (Wildman–Crippen MR) is 194 cm³/mol. The molecule has 0 bridgehead atoms. The van der Waals surface area contributed by atoms with E-state index in [4.69, 9.17) is 60.6 Å². The van der Waals surface area contributed by atoms with Crippen molar-refractivity contribution in [2.24, 2.45) is 17.8 Å². The van der Waals surface area contributed by atoms with Crippen LogP contribution >= 0.6 is 46.4 Å². The van der Waals surface area contributed by atoms with E-state index in [1.165, 1.54) is 7.11 Å². The first-order valence-electron chi connectivity index (χ1n) is 16.3. The Balaban J connectivity index is 1.41. The number of nitrogens with one attached hydrogen (secondary N) is 1. The van der Waals surface area contributed by atoms with E-state index in [9.17, 15) is 9.59 Å². The van der Waals surface area contributed by atoms with Gasteiger partial charge in [-0.2, -0.15) is 0 Å². The number of rotatable bonds is 18. The third-order valence-corrected chi connectivity index (χ3v) is 9.89. The average molecular weight is 739 g/mol. The summed E-state index contributed by atoms with van der Waals surface area (Å²) >= 11 is 25.4. The van der Waals surface area contributed by atoms with Crippen molar-refractivity contribution in [3.8, 4) is 11.5 Å². The zero-order chi connectivity index (χ0) is 34.8. The molecule has 1 aliphatic carbocycles. The van der Waals surface area contributed by atoms with Gasteiger partial charge in [0.25, 0.3) is 0 Å². The molecule has 0 aliphatic heterocycles. The number of benzene rings is 3. The second kappa shape index (κ2) is 18.4. The molecule has 0 spiro atoms. The molecule has 1 saturated carbocycles. The molecule has 3 aromatic rings. The highest BCUT2D eigenvalue weighted by molar-refractivity contribution is 6.42. The van der Waals surface area contributed by atoms with Gasteiger partial charge in [0.05, 0.1) is 39.0 Å². The summed E-state index contributed by atoms with van der Waals surface area (Å²) in [6, 6.07) is 17.0. The fourth-order valence-corrected chi connectivity index (χ4v) is 6.74. The number of amides is 1. The number of carbonyl (C=O) groups excluding carboxylic acids is 2. The molecule has 0 aromatic heterocycles. The Bertz CT molecular complexity index is 1510. The van der Waals surface area contributed by atoms with E-state index in [2.05, 4.69) is 5.32 Å². The maximum absolute atomic E-state index is 14.2. The van der Waals surface area contributed by atoms with Crippen LogP contribution in [0.1, 0.15) is 49.8 Å². The van der Waals surface area contributed by atoms with Gasteiger partial charge in [-0.3, -0.25) is 9.59 Å². The summed E-state index contributed by atoms with van der Waals surface area (Å²) in [4.78, 5) is 28.4. The number of nitrogens with zero attached hydrogens (tertiary/aromatic N) is 1. The van der Waals surface area contributed by atoms with Crippen molar-refractivity contribution in [1.29, 1.82) is 0 Å². The van der Waals surface area contributed by atoms with Crippen molar-refractivity contribution < 1.29 is 23.8 Å². The first-order chi connectivity index (χ1) is 23.0. The Hall–Kier alpha value is -2.68. The summed E-state index contributed by atoms with van der Waals surface area (Å²) in [5.41, 5.74) is 2.78. The largest absolute Gasteiger partial charge is 0.490 e. The SMILES string of the molecule is COC(=O)[C@H](CCNCC(Cc1ccc(OCCOc2c(Cl)cc(C)cc2Cl)cc1)C(=O)N(Cc1cccc(Cl)c1Cl)C1CC1)C(C)C. The molecule has 7 nitrogen and oxygen atoms in total. The highest BCUT2D eigenvalue weighted by Crippen LogP contribution is 2.35. The molecule has 4 rings (SSSR count). The quantitative estimate of drug-likeness (QED) is 0.104. The van der Waals surface area contributed by atoms with E-state index in [-0.39, 0.29) is 42.3 Å². The number of hydrogen-bond donors (Lipinski definition) is 1. The molecule has 2 atom stereocenters. The van der Waals surface area contributed by atoms with Crippen molar-refractivity contribution in [2.75, 3.05) is 33.4 Å². The standard InChI is InChI=1S/C37H44Cl4N2O5/c1-23(2)30(37(45)46-4)14-15-42-21-27(36(44)43(28-10-11-28)22-26-6-5-7-31(38)34(26)41)20-25-8-12-29(13-9-25)47-16-17-48-35-32(39)18-24(3)19-33(35)40/h5-9,12-13,18-19,23,27-28,30,42H,10-11,14-17,20-22H2,1-4H3/t27?,30-/m1/s1. The van der Waals surface area contributed by atoms with Crippen molar-refractivity contribution in [3.05, 3.63) is 91.4 Å². The van der Waals surface area contributed by atoms with Gasteiger partial charge in [0.2, 0.25) is 5.91 Å². The van der Waals surface area contributed by atoms with Crippen LogP contribution in [-0.2, 0) is 27.3 Å². The molecule has 1 fully saturated rings. The molecule has 0 radical (unpaired) electrons. The molecular formula is C37H44Cl4N2O5. The molecule has 11 heteroatoms. The van der Waals surface area contributed by atoms with E-state index < -0.39 is 0 Å². The maximum Gasteiger partial charge on any atom is 0.308 e. The number of methoxy groups -OCH3 is 1. The molecule has 0 saturated heterocycles. The van der Waals surface area contributed by atoms with Crippen LogP contribution in [0.2, 0.25) is 20.1 Å². The Morgan fingerprint density at radius 2 is 1.60 bits per heavy atom. The fraction of sp³-hybridized carbons (Fsp3) is 0.459. The van der Waals surface area contributed by atoms with E-state index in [0.29, 0.717) is 70.7 Å². The van der Waals surface area contributed by atoms with Crippen molar-refractivity contribution >= 4 is 58.3 Å².